The molecule has 158 valence electrons. The molecule has 1 saturated heterocycles. The minimum Gasteiger partial charge on any atom is -0.508 e. The van der Waals surface area contributed by atoms with Crippen molar-refractivity contribution in [2.75, 3.05) is 26.2 Å². The van der Waals surface area contributed by atoms with Gasteiger partial charge in [-0.05, 0) is 48.4 Å². The Balaban J connectivity index is 1.47. The van der Waals surface area contributed by atoms with Crippen LogP contribution in [0, 0.1) is 0 Å². The lowest BCUT2D eigenvalue weighted by atomic mass is 10.1. The SMILES string of the molecule is CCCCOc1ccc(S(=O)(=O)N2CC(NC[C@H](O)c3ccc(O)cc3)C2)cc1. The third-order valence-corrected chi connectivity index (χ3v) is 6.80. The Morgan fingerprint density at radius 1 is 1.14 bits per heavy atom. The van der Waals surface area contributed by atoms with Crippen LogP contribution in [0.25, 0.3) is 0 Å². The number of benzene rings is 2. The van der Waals surface area contributed by atoms with Gasteiger partial charge in [0, 0.05) is 25.7 Å². The van der Waals surface area contributed by atoms with Crippen molar-refractivity contribution in [2.24, 2.45) is 0 Å². The average Bonchev–Trinajstić information content (AvgIpc) is 2.67. The summed E-state index contributed by atoms with van der Waals surface area (Å²) >= 11 is 0. The van der Waals surface area contributed by atoms with Gasteiger partial charge in [0.15, 0.2) is 0 Å². The third-order valence-electron chi connectivity index (χ3n) is 4.95. The molecular weight excluding hydrogens is 392 g/mol. The summed E-state index contributed by atoms with van der Waals surface area (Å²) in [6.45, 7) is 3.74. The van der Waals surface area contributed by atoms with Gasteiger partial charge in [-0.1, -0.05) is 25.5 Å². The van der Waals surface area contributed by atoms with Gasteiger partial charge in [0.2, 0.25) is 10.0 Å². The van der Waals surface area contributed by atoms with Crippen LogP contribution in [0.3, 0.4) is 0 Å². The Bertz CT molecular complexity index is 878. The van der Waals surface area contributed by atoms with Crippen molar-refractivity contribution in [1.82, 2.24) is 9.62 Å². The number of unbranched alkanes of at least 4 members (excludes halogenated alkanes) is 1. The standard InChI is InChI=1S/C21H28N2O5S/c1-2-3-12-28-19-8-10-20(11-9-19)29(26,27)23-14-17(15-23)22-13-21(25)16-4-6-18(24)7-5-16/h4-11,17,21-22,24-25H,2-3,12-15H2,1H3/t21-/m0/s1. The number of hydrogen-bond donors (Lipinski definition) is 3. The minimum atomic E-state index is -3.53. The molecule has 0 aromatic heterocycles. The molecule has 1 aliphatic heterocycles. The predicted molar refractivity (Wildman–Crippen MR) is 110 cm³/mol. The zero-order valence-corrected chi connectivity index (χ0v) is 17.3. The summed E-state index contributed by atoms with van der Waals surface area (Å²) in [6, 6.07) is 12.9. The van der Waals surface area contributed by atoms with Gasteiger partial charge >= 0.3 is 0 Å². The van der Waals surface area contributed by atoms with E-state index in [-0.39, 0.29) is 16.7 Å². The number of phenolic OH excluding ortho intramolecular Hbond substituents is 1. The van der Waals surface area contributed by atoms with Crippen molar-refractivity contribution in [1.29, 1.82) is 0 Å². The smallest absolute Gasteiger partial charge is 0.243 e. The first-order valence-corrected chi connectivity index (χ1v) is 11.3. The van der Waals surface area contributed by atoms with Crippen LogP contribution >= 0.6 is 0 Å². The molecule has 3 rings (SSSR count). The van der Waals surface area contributed by atoms with Gasteiger partial charge < -0.3 is 20.3 Å². The van der Waals surface area contributed by atoms with Crippen molar-refractivity contribution < 1.29 is 23.4 Å². The van der Waals surface area contributed by atoms with Crippen molar-refractivity contribution >= 4 is 10.0 Å². The topological polar surface area (TPSA) is 99.1 Å². The summed E-state index contributed by atoms with van der Waals surface area (Å²) in [6.07, 6.45) is 1.29. The van der Waals surface area contributed by atoms with Crippen molar-refractivity contribution in [3.8, 4) is 11.5 Å². The molecule has 1 fully saturated rings. The second-order valence-corrected chi connectivity index (χ2v) is 9.15. The van der Waals surface area contributed by atoms with E-state index < -0.39 is 16.1 Å². The highest BCUT2D eigenvalue weighted by molar-refractivity contribution is 7.89. The normalized spacial score (nSPS) is 16.3. The number of nitrogens with zero attached hydrogens (tertiary/aromatic N) is 1. The molecule has 29 heavy (non-hydrogen) atoms. The molecule has 1 heterocycles. The molecule has 2 aromatic carbocycles. The molecular formula is C21H28N2O5S. The predicted octanol–water partition coefficient (Wildman–Crippen LogP) is 2.27. The highest BCUT2D eigenvalue weighted by atomic mass is 32.2. The van der Waals surface area contributed by atoms with Crippen LogP contribution in [-0.4, -0.2) is 55.2 Å². The van der Waals surface area contributed by atoms with Crippen molar-refractivity contribution in [2.45, 2.75) is 36.8 Å². The quantitative estimate of drug-likeness (QED) is 0.510. The van der Waals surface area contributed by atoms with Crippen LogP contribution in [0.15, 0.2) is 53.4 Å². The molecule has 0 amide bonds. The number of sulfonamides is 1. The Morgan fingerprint density at radius 3 is 2.41 bits per heavy atom. The first kappa shape index (κ1) is 21.6. The van der Waals surface area contributed by atoms with E-state index in [2.05, 4.69) is 12.2 Å². The van der Waals surface area contributed by atoms with Crippen molar-refractivity contribution in [3.63, 3.8) is 0 Å². The van der Waals surface area contributed by atoms with Crippen LogP contribution < -0.4 is 10.1 Å². The molecule has 3 N–H and O–H groups in total. The number of aliphatic hydroxyl groups excluding tert-OH is 1. The van der Waals surface area contributed by atoms with Crippen LogP contribution in [0.2, 0.25) is 0 Å². The Kier molecular flexibility index (Phi) is 7.13. The lowest BCUT2D eigenvalue weighted by molar-refractivity contribution is 0.149. The summed E-state index contributed by atoms with van der Waals surface area (Å²) in [7, 11) is -3.53. The van der Waals surface area contributed by atoms with Gasteiger partial charge in [-0.25, -0.2) is 8.42 Å². The number of rotatable bonds is 10. The molecule has 0 bridgehead atoms. The van der Waals surface area contributed by atoms with Crippen LogP contribution in [0.5, 0.6) is 11.5 Å². The third kappa shape index (κ3) is 5.48. The maximum absolute atomic E-state index is 12.7. The van der Waals surface area contributed by atoms with Crippen LogP contribution in [-0.2, 0) is 10.0 Å². The number of hydrogen-bond acceptors (Lipinski definition) is 6. The van der Waals surface area contributed by atoms with Gasteiger partial charge in [-0.3, -0.25) is 0 Å². The highest BCUT2D eigenvalue weighted by Gasteiger charge is 2.36. The van der Waals surface area contributed by atoms with Gasteiger partial charge in [-0.15, -0.1) is 0 Å². The van der Waals surface area contributed by atoms with E-state index in [1.54, 1.807) is 36.4 Å². The second-order valence-electron chi connectivity index (χ2n) is 7.21. The maximum Gasteiger partial charge on any atom is 0.243 e. The molecule has 0 radical (unpaired) electrons. The number of phenols is 1. The molecule has 0 aliphatic carbocycles. The summed E-state index contributed by atoms with van der Waals surface area (Å²) in [5.74, 6) is 0.818. The summed E-state index contributed by atoms with van der Waals surface area (Å²) < 4.78 is 32.4. The molecule has 8 heteroatoms. The molecule has 1 atom stereocenters. The molecule has 2 aromatic rings. The van der Waals surface area contributed by atoms with Gasteiger partial charge in [0.1, 0.15) is 11.5 Å². The van der Waals surface area contributed by atoms with Gasteiger partial charge in [0.25, 0.3) is 0 Å². The van der Waals surface area contributed by atoms with Gasteiger partial charge in [-0.2, -0.15) is 4.31 Å². The zero-order valence-electron chi connectivity index (χ0n) is 16.5. The first-order valence-electron chi connectivity index (χ1n) is 9.83. The average molecular weight is 421 g/mol. The molecule has 0 saturated carbocycles. The zero-order chi connectivity index (χ0) is 20.9. The Labute approximate surface area is 172 Å². The second kappa shape index (κ2) is 9.58. The van der Waals surface area contributed by atoms with E-state index in [0.29, 0.717) is 37.6 Å². The van der Waals surface area contributed by atoms with Crippen LogP contribution in [0.4, 0.5) is 0 Å². The summed E-state index contributed by atoms with van der Waals surface area (Å²) in [5, 5.41) is 22.7. The fraction of sp³-hybridized carbons (Fsp3) is 0.429. The Morgan fingerprint density at radius 2 is 1.79 bits per heavy atom. The van der Waals surface area contributed by atoms with E-state index >= 15 is 0 Å². The maximum atomic E-state index is 12.7. The van der Waals surface area contributed by atoms with E-state index in [4.69, 9.17) is 4.74 Å². The molecule has 1 aliphatic rings. The van der Waals surface area contributed by atoms with E-state index in [9.17, 15) is 18.6 Å². The van der Waals surface area contributed by atoms with E-state index in [1.807, 2.05) is 0 Å². The van der Waals surface area contributed by atoms with Crippen LogP contribution in [0.1, 0.15) is 31.4 Å². The lowest BCUT2D eigenvalue weighted by Crippen LogP contribution is -2.60. The molecule has 0 spiro atoms. The molecule has 0 unspecified atom stereocenters. The summed E-state index contributed by atoms with van der Waals surface area (Å²) in [4.78, 5) is 0.253. The number of ether oxygens (including phenoxy) is 1. The number of aliphatic hydroxyl groups is 1. The highest BCUT2D eigenvalue weighted by Crippen LogP contribution is 2.24. The Hall–Kier alpha value is -2.13. The summed E-state index contributed by atoms with van der Waals surface area (Å²) in [5.41, 5.74) is 0.695. The van der Waals surface area contributed by atoms with E-state index in [0.717, 1.165) is 12.8 Å². The van der Waals surface area contributed by atoms with E-state index in [1.165, 1.54) is 16.4 Å². The molecule has 7 nitrogen and oxygen atoms in total. The largest absolute Gasteiger partial charge is 0.508 e. The van der Waals surface area contributed by atoms with Crippen molar-refractivity contribution in [3.05, 3.63) is 54.1 Å². The fourth-order valence-electron chi connectivity index (χ4n) is 3.05. The lowest BCUT2D eigenvalue weighted by Gasteiger charge is -2.39. The minimum absolute atomic E-state index is 0.00631. The first-order chi connectivity index (χ1) is 13.9. The number of aromatic hydroxyl groups is 1. The van der Waals surface area contributed by atoms with Gasteiger partial charge in [0.05, 0.1) is 17.6 Å². The monoisotopic (exact) mass is 420 g/mol. The number of nitrogens with one attached hydrogen (secondary N) is 1. The fourth-order valence-corrected chi connectivity index (χ4v) is 4.58.